The van der Waals surface area contributed by atoms with Crippen molar-refractivity contribution in [2.45, 2.75) is 11.8 Å². The molecule has 0 aliphatic carbocycles. The Morgan fingerprint density at radius 3 is 2.50 bits per heavy atom. The zero-order valence-corrected chi connectivity index (χ0v) is 13.7. The summed E-state index contributed by atoms with van der Waals surface area (Å²) in [5.74, 6) is -0.705. The summed E-state index contributed by atoms with van der Waals surface area (Å²) >= 11 is 0. The van der Waals surface area contributed by atoms with Crippen LogP contribution in [0.25, 0.3) is 0 Å². The van der Waals surface area contributed by atoms with E-state index in [1.54, 1.807) is 12.1 Å². The zero-order valence-electron chi connectivity index (χ0n) is 12.8. The van der Waals surface area contributed by atoms with Gasteiger partial charge in [-0.05, 0) is 24.6 Å². The van der Waals surface area contributed by atoms with Crippen molar-refractivity contribution in [3.63, 3.8) is 0 Å². The number of anilines is 1. The highest BCUT2D eigenvalue weighted by Gasteiger charge is 2.23. The van der Waals surface area contributed by atoms with Gasteiger partial charge in [-0.25, -0.2) is 13.2 Å². The number of benzene rings is 2. The number of hydrogen-bond acceptors (Lipinski definition) is 6. The zero-order chi connectivity index (χ0) is 17.9. The lowest BCUT2D eigenvalue weighted by Crippen LogP contribution is -2.17. The number of para-hydroxylation sites is 1. The second-order valence-electron chi connectivity index (χ2n) is 4.85. The van der Waals surface area contributed by atoms with Crippen LogP contribution in [-0.2, 0) is 14.8 Å². The monoisotopic (exact) mass is 350 g/mol. The molecule has 0 saturated heterocycles. The van der Waals surface area contributed by atoms with Gasteiger partial charge in [0.2, 0.25) is 0 Å². The van der Waals surface area contributed by atoms with Crippen molar-refractivity contribution in [3.8, 4) is 0 Å². The summed E-state index contributed by atoms with van der Waals surface area (Å²) in [4.78, 5) is 21.7. The largest absolute Gasteiger partial charge is 0.465 e. The average molecular weight is 350 g/mol. The lowest BCUT2D eigenvalue weighted by molar-refractivity contribution is -0.385. The molecule has 2 rings (SSSR count). The van der Waals surface area contributed by atoms with E-state index in [1.165, 1.54) is 38.3 Å². The standard InChI is InChI=1S/C15H14N2O6S/c1-10-7-8-11(17(19)20)9-14(10)24(21,22)16-13-6-4-3-5-12(13)15(18)23-2/h3-9,16H,1-2H3. The number of nitro benzene ring substituents is 1. The Morgan fingerprint density at radius 2 is 1.88 bits per heavy atom. The molecule has 0 fully saturated rings. The van der Waals surface area contributed by atoms with Crippen molar-refractivity contribution >= 4 is 27.4 Å². The van der Waals surface area contributed by atoms with Crippen molar-refractivity contribution in [2.24, 2.45) is 0 Å². The maximum atomic E-state index is 12.6. The Bertz CT molecular complexity index is 908. The van der Waals surface area contributed by atoms with Crippen LogP contribution < -0.4 is 4.72 Å². The van der Waals surface area contributed by atoms with Gasteiger partial charge in [-0.15, -0.1) is 0 Å². The molecule has 0 bridgehead atoms. The molecule has 2 aromatic carbocycles. The molecular formula is C15H14N2O6S. The summed E-state index contributed by atoms with van der Waals surface area (Å²) < 4.78 is 32.0. The molecule has 0 aliphatic rings. The van der Waals surface area contributed by atoms with Gasteiger partial charge in [0.25, 0.3) is 15.7 Å². The average Bonchev–Trinajstić information content (AvgIpc) is 2.54. The second kappa shape index (κ2) is 6.67. The Hall–Kier alpha value is -2.94. The molecule has 0 amide bonds. The van der Waals surface area contributed by atoms with Crippen molar-refractivity contribution < 1.29 is 22.9 Å². The van der Waals surface area contributed by atoms with Crippen LogP contribution >= 0.6 is 0 Å². The lowest BCUT2D eigenvalue weighted by Gasteiger charge is -2.12. The van der Waals surface area contributed by atoms with Gasteiger partial charge in [0.05, 0.1) is 28.2 Å². The van der Waals surface area contributed by atoms with Crippen LogP contribution in [0.2, 0.25) is 0 Å². The van der Waals surface area contributed by atoms with Crippen LogP contribution in [0.3, 0.4) is 0 Å². The first kappa shape index (κ1) is 17.4. The third-order valence-electron chi connectivity index (χ3n) is 3.25. The predicted molar refractivity (Wildman–Crippen MR) is 86.4 cm³/mol. The SMILES string of the molecule is COC(=O)c1ccccc1NS(=O)(=O)c1cc([N+](=O)[O-])ccc1C. The Labute approximate surface area is 138 Å². The number of non-ortho nitro benzene ring substituents is 1. The summed E-state index contributed by atoms with van der Waals surface area (Å²) in [6, 6.07) is 9.45. The van der Waals surface area contributed by atoms with E-state index in [4.69, 9.17) is 0 Å². The first-order valence-electron chi connectivity index (χ1n) is 6.71. The number of nitrogens with one attached hydrogen (secondary N) is 1. The van der Waals surface area contributed by atoms with Gasteiger partial charge in [-0.1, -0.05) is 18.2 Å². The number of ether oxygens (including phenoxy) is 1. The van der Waals surface area contributed by atoms with Crippen LogP contribution in [0, 0.1) is 17.0 Å². The molecule has 1 N–H and O–H groups in total. The van der Waals surface area contributed by atoms with Gasteiger partial charge < -0.3 is 4.74 Å². The maximum absolute atomic E-state index is 12.6. The number of esters is 1. The topological polar surface area (TPSA) is 116 Å². The molecule has 8 nitrogen and oxygen atoms in total. The fourth-order valence-corrected chi connectivity index (χ4v) is 3.40. The third kappa shape index (κ3) is 3.51. The fraction of sp³-hybridized carbons (Fsp3) is 0.133. The first-order chi connectivity index (χ1) is 11.3. The van der Waals surface area contributed by atoms with E-state index in [0.29, 0.717) is 5.56 Å². The minimum atomic E-state index is -4.13. The fourth-order valence-electron chi connectivity index (χ4n) is 2.05. The molecule has 0 aromatic heterocycles. The molecule has 9 heteroatoms. The van der Waals surface area contributed by atoms with E-state index in [9.17, 15) is 23.3 Å². The molecule has 126 valence electrons. The van der Waals surface area contributed by atoms with Crippen LogP contribution in [0.15, 0.2) is 47.4 Å². The van der Waals surface area contributed by atoms with E-state index in [-0.39, 0.29) is 21.8 Å². The summed E-state index contributed by atoms with van der Waals surface area (Å²) in [7, 11) is -2.95. The molecule has 0 spiro atoms. The van der Waals surface area contributed by atoms with E-state index in [0.717, 1.165) is 6.07 Å². The number of sulfonamides is 1. The first-order valence-corrected chi connectivity index (χ1v) is 8.20. The van der Waals surface area contributed by atoms with Crippen LogP contribution in [0.4, 0.5) is 11.4 Å². The number of nitrogens with zero attached hydrogens (tertiary/aromatic N) is 1. The number of hydrogen-bond donors (Lipinski definition) is 1. The molecule has 2 aromatic rings. The van der Waals surface area contributed by atoms with E-state index in [1.807, 2.05) is 0 Å². The van der Waals surface area contributed by atoms with Gasteiger partial charge in [0, 0.05) is 12.1 Å². The minimum Gasteiger partial charge on any atom is -0.465 e. The van der Waals surface area contributed by atoms with Crippen molar-refractivity contribution in [2.75, 3.05) is 11.8 Å². The van der Waals surface area contributed by atoms with Gasteiger partial charge in [0.15, 0.2) is 0 Å². The van der Waals surface area contributed by atoms with Gasteiger partial charge in [0.1, 0.15) is 0 Å². The highest BCUT2D eigenvalue weighted by Crippen LogP contribution is 2.25. The quantitative estimate of drug-likeness (QED) is 0.503. The molecule has 0 aliphatic heterocycles. The van der Waals surface area contributed by atoms with Crippen molar-refractivity contribution in [3.05, 3.63) is 63.7 Å². The smallest absolute Gasteiger partial charge is 0.339 e. The van der Waals surface area contributed by atoms with Crippen molar-refractivity contribution in [1.29, 1.82) is 0 Å². The summed E-state index contributed by atoms with van der Waals surface area (Å²) in [6.07, 6.45) is 0. The molecule has 0 radical (unpaired) electrons. The van der Waals surface area contributed by atoms with Crippen LogP contribution in [-0.4, -0.2) is 26.4 Å². The molecule has 24 heavy (non-hydrogen) atoms. The Morgan fingerprint density at radius 1 is 1.21 bits per heavy atom. The Balaban J connectivity index is 2.49. The minimum absolute atomic E-state index is 0.0234. The summed E-state index contributed by atoms with van der Waals surface area (Å²) in [5, 5.41) is 10.9. The highest BCUT2D eigenvalue weighted by atomic mass is 32.2. The number of methoxy groups -OCH3 is 1. The predicted octanol–water partition coefficient (Wildman–Crippen LogP) is 2.49. The van der Waals surface area contributed by atoms with Crippen LogP contribution in [0.1, 0.15) is 15.9 Å². The second-order valence-corrected chi connectivity index (χ2v) is 6.50. The summed E-state index contributed by atoms with van der Waals surface area (Å²) in [6.45, 7) is 1.52. The summed E-state index contributed by atoms with van der Waals surface area (Å²) in [5.41, 5.74) is 0.0489. The van der Waals surface area contributed by atoms with E-state index >= 15 is 0 Å². The van der Waals surface area contributed by atoms with Gasteiger partial charge >= 0.3 is 5.97 Å². The number of nitro groups is 1. The van der Waals surface area contributed by atoms with Gasteiger partial charge in [-0.3, -0.25) is 14.8 Å². The lowest BCUT2D eigenvalue weighted by atomic mass is 10.2. The molecular weight excluding hydrogens is 336 g/mol. The molecule has 0 atom stereocenters. The molecule has 0 heterocycles. The number of carbonyl (C=O) groups is 1. The number of carbonyl (C=O) groups excluding carboxylic acids is 1. The van der Waals surface area contributed by atoms with Gasteiger partial charge in [-0.2, -0.15) is 0 Å². The van der Waals surface area contributed by atoms with Crippen molar-refractivity contribution in [1.82, 2.24) is 0 Å². The highest BCUT2D eigenvalue weighted by molar-refractivity contribution is 7.92. The Kier molecular flexibility index (Phi) is 4.84. The third-order valence-corrected chi connectivity index (χ3v) is 4.76. The maximum Gasteiger partial charge on any atom is 0.339 e. The number of aryl methyl sites for hydroxylation is 1. The molecule has 0 unspecified atom stereocenters. The normalized spacial score (nSPS) is 10.9. The molecule has 0 saturated carbocycles. The number of rotatable bonds is 5. The van der Waals surface area contributed by atoms with E-state index < -0.39 is 20.9 Å². The van der Waals surface area contributed by atoms with Crippen LogP contribution in [0.5, 0.6) is 0 Å². The van der Waals surface area contributed by atoms with E-state index in [2.05, 4.69) is 9.46 Å².